The molecule has 0 aliphatic heterocycles. The maximum atomic E-state index is 11.5. The number of methoxy groups -OCH3 is 2. The largest absolute Gasteiger partial charge is 0.493 e. The first kappa shape index (κ1) is 15.4. The Kier molecular flexibility index (Phi) is 4.50. The van der Waals surface area contributed by atoms with Gasteiger partial charge in [0.25, 0.3) is 0 Å². The van der Waals surface area contributed by atoms with Crippen LogP contribution in [0.3, 0.4) is 0 Å². The number of nitrogens with zero attached hydrogens (tertiary/aromatic N) is 1. The van der Waals surface area contributed by atoms with Gasteiger partial charge in [-0.25, -0.2) is 4.79 Å². The monoisotopic (exact) mass is 316 g/mol. The number of benzene rings is 1. The van der Waals surface area contributed by atoms with Gasteiger partial charge in [0.1, 0.15) is 5.69 Å². The summed E-state index contributed by atoms with van der Waals surface area (Å²) in [5, 5.41) is 6.81. The minimum Gasteiger partial charge on any atom is -0.493 e. The van der Waals surface area contributed by atoms with E-state index in [4.69, 9.17) is 9.47 Å². The van der Waals surface area contributed by atoms with Crippen molar-refractivity contribution >= 4 is 5.97 Å². The maximum Gasteiger partial charge on any atom is 0.356 e. The van der Waals surface area contributed by atoms with Gasteiger partial charge in [0.2, 0.25) is 0 Å². The summed E-state index contributed by atoms with van der Waals surface area (Å²) in [4.78, 5) is 11.5. The molecule has 6 heteroatoms. The summed E-state index contributed by atoms with van der Waals surface area (Å²) in [6.07, 6.45) is 4.88. The first-order valence-electron chi connectivity index (χ1n) is 7.70. The van der Waals surface area contributed by atoms with E-state index in [-0.39, 0.29) is 6.10 Å². The summed E-state index contributed by atoms with van der Waals surface area (Å²) in [6.45, 7) is 0. The Labute approximate surface area is 134 Å². The molecular formula is C17H20N2O4. The summed E-state index contributed by atoms with van der Waals surface area (Å²) < 4.78 is 16.1. The molecule has 0 radical (unpaired) electrons. The predicted octanol–water partition coefficient (Wildman–Crippen LogP) is 3.19. The van der Waals surface area contributed by atoms with E-state index < -0.39 is 5.97 Å². The van der Waals surface area contributed by atoms with Crippen LogP contribution in [0.1, 0.15) is 36.2 Å². The molecule has 1 N–H and O–H groups in total. The third-order valence-electron chi connectivity index (χ3n) is 4.04. The van der Waals surface area contributed by atoms with E-state index in [1.165, 1.54) is 20.0 Å². The van der Waals surface area contributed by atoms with E-state index >= 15 is 0 Å². The molecule has 122 valence electrons. The normalized spacial score (nSPS) is 14.7. The van der Waals surface area contributed by atoms with E-state index in [0.717, 1.165) is 24.2 Å². The first-order chi connectivity index (χ1) is 11.2. The Hall–Kier alpha value is -2.50. The third-order valence-corrected chi connectivity index (χ3v) is 4.04. The predicted molar refractivity (Wildman–Crippen MR) is 84.8 cm³/mol. The summed E-state index contributed by atoms with van der Waals surface area (Å²) in [7, 11) is 2.95. The molecule has 3 rings (SSSR count). The summed E-state index contributed by atoms with van der Waals surface area (Å²) >= 11 is 0. The fraction of sp³-hybridized carbons (Fsp3) is 0.412. The van der Waals surface area contributed by atoms with Crippen molar-refractivity contribution in [1.82, 2.24) is 10.2 Å². The van der Waals surface area contributed by atoms with Crippen molar-refractivity contribution in [3.05, 3.63) is 30.0 Å². The lowest BCUT2D eigenvalue weighted by atomic mass is 10.1. The quantitative estimate of drug-likeness (QED) is 0.858. The van der Waals surface area contributed by atoms with E-state index in [9.17, 15) is 4.79 Å². The van der Waals surface area contributed by atoms with Gasteiger partial charge in [-0.3, -0.25) is 5.10 Å². The van der Waals surface area contributed by atoms with Crippen LogP contribution >= 0.6 is 0 Å². The van der Waals surface area contributed by atoms with Crippen LogP contribution in [0.25, 0.3) is 11.3 Å². The smallest absolute Gasteiger partial charge is 0.356 e. The number of aromatic nitrogens is 2. The van der Waals surface area contributed by atoms with Crippen LogP contribution in [0.4, 0.5) is 0 Å². The van der Waals surface area contributed by atoms with Gasteiger partial charge in [-0.1, -0.05) is 0 Å². The topological polar surface area (TPSA) is 73.4 Å². The average molecular weight is 316 g/mol. The zero-order valence-electron chi connectivity index (χ0n) is 13.3. The highest BCUT2D eigenvalue weighted by Crippen LogP contribution is 2.34. The van der Waals surface area contributed by atoms with Crippen molar-refractivity contribution in [2.45, 2.75) is 31.8 Å². The number of esters is 1. The van der Waals surface area contributed by atoms with Crippen LogP contribution in [0.15, 0.2) is 24.3 Å². The highest BCUT2D eigenvalue weighted by atomic mass is 16.5. The molecule has 1 saturated carbocycles. The van der Waals surface area contributed by atoms with Crippen molar-refractivity contribution in [3.63, 3.8) is 0 Å². The molecular weight excluding hydrogens is 296 g/mol. The Morgan fingerprint density at radius 3 is 2.65 bits per heavy atom. The Balaban J connectivity index is 1.83. The first-order valence-corrected chi connectivity index (χ1v) is 7.70. The second-order valence-electron chi connectivity index (χ2n) is 5.55. The summed E-state index contributed by atoms with van der Waals surface area (Å²) in [5.74, 6) is 0.959. The second-order valence-corrected chi connectivity index (χ2v) is 5.55. The zero-order valence-corrected chi connectivity index (χ0v) is 13.3. The molecule has 0 saturated heterocycles. The van der Waals surface area contributed by atoms with Crippen LogP contribution in [0.5, 0.6) is 11.5 Å². The molecule has 1 aromatic heterocycles. The number of hydrogen-bond donors (Lipinski definition) is 1. The number of carbonyl (C=O) groups excluding carboxylic acids is 1. The molecule has 1 heterocycles. The molecule has 0 spiro atoms. The molecule has 1 aliphatic rings. The number of hydrogen-bond acceptors (Lipinski definition) is 5. The number of nitrogens with one attached hydrogen (secondary N) is 1. The molecule has 0 amide bonds. The van der Waals surface area contributed by atoms with Gasteiger partial charge >= 0.3 is 5.97 Å². The number of aromatic amines is 1. The van der Waals surface area contributed by atoms with E-state index in [0.29, 0.717) is 17.1 Å². The molecule has 1 aliphatic carbocycles. The maximum absolute atomic E-state index is 11.5. The van der Waals surface area contributed by atoms with E-state index in [1.807, 2.05) is 18.2 Å². The number of carbonyl (C=O) groups is 1. The number of ether oxygens (including phenoxy) is 3. The van der Waals surface area contributed by atoms with E-state index in [2.05, 4.69) is 14.9 Å². The minimum atomic E-state index is -0.447. The Morgan fingerprint density at radius 2 is 1.96 bits per heavy atom. The van der Waals surface area contributed by atoms with Crippen molar-refractivity contribution in [2.24, 2.45) is 0 Å². The Bertz CT molecular complexity index is 690. The molecule has 0 atom stereocenters. The van der Waals surface area contributed by atoms with Gasteiger partial charge in [0.05, 0.1) is 26.0 Å². The minimum absolute atomic E-state index is 0.270. The van der Waals surface area contributed by atoms with Crippen LogP contribution in [0.2, 0.25) is 0 Å². The van der Waals surface area contributed by atoms with Crippen molar-refractivity contribution in [3.8, 4) is 22.8 Å². The molecule has 0 bridgehead atoms. The van der Waals surface area contributed by atoms with Crippen molar-refractivity contribution in [2.75, 3.05) is 14.2 Å². The van der Waals surface area contributed by atoms with Crippen molar-refractivity contribution < 1.29 is 19.0 Å². The molecule has 6 nitrogen and oxygen atoms in total. The van der Waals surface area contributed by atoms with Crippen molar-refractivity contribution in [1.29, 1.82) is 0 Å². The van der Waals surface area contributed by atoms with Gasteiger partial charge in [-0.15, -0.1) is 0 Å². The standard InChI is InChI=1S/C17H20N2O4/c1-21-16-9-11(13-10-14(19-18-13)17(20)22-2)7-8-15(16)23-12-5-3-4-6-12/h7-10,12H,3-6H2,1-2H3,(H,18,19). The fourth-order valence-electron chi connectivity index (χ4n) is 2.79. The molecule has 1 aromatic carbocycles. The molecule has 1 fully saturated rings. The van der Waals surface area contributed by atoms with Crippen LogP contribution in [-0.2, 0) is 4.74 Å². The van der Waals surface area contributed by atoms with Gasteiger partial charge in [0.15, 0.2) is 11.5 Å². The molecule has 23 heavy (non-hydrogen) atoms. The molecule has 2 aromatic rings. The summed E-state index contributed by atoms with van der Waals surface area (Å²) in [5.41, 5.74) is 1.80. The lowest BCUT2D eigenvalue weighted by Gasteiger charge is -2.16. The average Bonchev–Trinajstić information content (AvgIpc) is 3.26. The second kappa shape index (κ2) is 6.73. The van der Waals surface area contributed by atoms with Crippen LogP contribution in [0, 0.1) is 0 Å². The summed E-state index contributed by atoms with van der Waals surface area (Å²) in [6, 6.07) is 7.31. The lowest BCUT2D eigenvalue weighted by Crippen LogP contribution is -2.11. The fourth-order valence-corrected chi connectivity index (χ4v) is 2.79. The van der Waals surface area contributed by atoms with Gasteiger partial charge < -0.3 is 14.2 Å². The van der Waals surface area contributed by atoms with Crippen LogP contribution in [-0.4, -0.2) is 36.5 Å². The van der Waals surface area contributed by atoms with Crippen LogP contribution < -0.4 is 9.47 Å². The van der Waals surface area contributed by atoms with E-state index in [1.54, 1.807) is 13.2 Å². The SMILES string of the molecule is COC(=O)c1cc(-c2ccc(OC3CCCC3)c(OC)c2)n[nH]1. The third kappa shape index (κ3) is 3.31. The highest BCUT2D eigenvalue weighted by Gasteiger charge is 2.19. The zero-order chi connectivity index (χ0) is 16.2. The van der Waals surface area contributed by atoms with Gasteiger partial charge in [-0.05, 0) is 49.9 Å². The van der Waals surface area contributed by atoms with Gasteiger partial charge in [0, 0.05) is 5.56 Å². The Morgan fingerprint density at radius 1 is 1.17 bits per heavy atom. The molecule has 0 unspecified atom stereocenters. The highest BCUT2D eigenvalue weighted by molar-refractivity contribution is 5.88. The lowest BCUT2D eigenvalue weighted by molar-refractivity contribution is 0.0594. The number of H-pyrrole nitrogens is 1. The van der Waals surface area contributed by atoms with Gasteiger partial charge in [-0.2, -0.15) is 5.10 Å². The number of rotatable bonds is 5.